The predicted molar refractivity (Wildman–Crippen MR) is 125 cm³/mol. The standard InChI is InChI=1S/C25H24F4N6O2/c1-14(17-11-20(32-12-19(17)26)37-25(27,28)29)23(36)35-9-6-24(13-35)5-4-16-10-18(15(2)33-21(16)34-24)22-30-7-3-8-31-22/h3,7-8,10-12,14H,4-6,9,13H2,1-2H3,(H,33,34)/t14-,24+/m1/s1. The molecule has 8 nitrogen and oxygen atoms in total. The highest BCUT2D eigenvalue weighted by atomic mass is 19.4. The highest BCUT2D eigenvalue weighted by Gasteiger charge is 2.43. The van der Waals surface area contributed by atoms with Crippen LogP contribution in [0, 0.1) is 12.7 Å². The summed E-state index contributed by atoms with van der Waals surface area (Å²) in [6.45, 7) is 4.16. The molecule has 1 saturated heterocycles. The molecule has 1 amide bonds. The molecule has 37 heavy (non-hydrogen) atoms. The van der Waals surface area contributed by atoms with Gasteiger partial charge in [0, 0.05) is 42.7 Å². The van der Waals surface area contributed by atoms with Crippen LogP contribution in [0.3, 0.4) is 0 Å². The summed E-state index contributed by atoms with van der Waals surface area (Å²) in [4.78, 5) is 31.6. The number of carbonyl (C=O) groups is 1. The number of ether oxygens (including phenoxy) is 1. The topological polar surface area (TPSA) is 93.1 Å². The largest absolute Gasteiger partial charge is 0.574 e. The molecule has 3 aromatic rings. The van der Waals surface area contributed by atoms with Crippen molar-refractivity contribution < 1.29 is 27.1 Å². The first-order valence-corrected chi connectivity index (χ1v) is 11.8. The Morgan fingerprint density at radius 3 is 2.68 bits per heavy atom. The molecule has 0 saturated carbocycles. The molecule has 3 aromatic heterocycles. The van der Waals surface area contributed by atoms with Gasteiger partial charge in [-0.25, -0.2) is 24.3 Å². The molecule has 5 rings (SSSR count). The number of rotatable bonds is 4. The molecule has 2 aliphatic heterocycles. The Morgan fingerprint density at radius 1 is 1.19 bits per heavy atom. The van der Waals surface area contributed by atoms with Crippen molar-refractivity contribution in [2.75, 3.05) is 18.4 Å². The van der Waals surface area contributed by atoms with E-state index in [2.05, 4.69) is 25.0 Å². The van der Waals surface area contributed by atoms with E-state index >= 15 is 0 Å². The summed E-state index contributed by atoms with van der Waals surface area (Å²) >= 11 is 0. The smallest absolute Gasteiger partial charge is 0.388 e. The van der Waals surface area contributed by atoms with Gasteiger partial charge in [0.05, 0.1) is 23.3 Å². The number of hydrogen-bond acceptors (Lipinski definition) is 7. The highest BCUT2D eigenvalue weighted by Crippen LogP contribution is 2.39. The third kappa shape index (κ3) is 5.05. The van der Waals surface area contributed by atoms with Crippen molar-refractivity contribution in [2.45, 2.75) is 50.9 Å². The van der Waals surface area contributed by atoms with Crippen LogP contribution in [0.15, 0.2) is 36.8 Å². The molecule has 0 bridgehead atoms. The molecule has 0 unspecified atom stereocenters. The van der Waals surface area contributed by atoms with Crippen molar-refractivity contribution in [3.05, 3.63) is 59.4 Å². The van der Waals surface area contributed by atoms with Crippen LogP contribution in [0.4, 0.5) is 23.4 Å². The lowest BCUT2D eigenvalue weighted by atomic mass is 9.86. The highest BCUT2D eigenvalue weighted by molar-refractivity contribution is 5.84. The van der Waals surface area contributed by atoms with E-state index in [4.69, 9.17) is 4.98 Å². The normalized spacial score (nSPS) is 19.9. The first-order valence-electron chi connectivity index (χ1n) is 11.8. The first kappa shape index (κ1) is 24.8. The summed E-state index contributed by atoms with van der Waals surface area (Å²) in [5.74, 6) is -1.72. The molecule has 1 fully saturated rings. The van der Waals surface area contributed by atoms with Gasteiger partial charge in [0.25, 0.3) is 0 Å². The van der Waals surface area contributed by atoms with Gasteiger partial charge in [-0.05, 0) is 50.8 Å². The molecule has 0 radical (unpaired) electrons. The monoisotopic (exact) mass is 516 g/mol. The average molecular weight is 516 g/mol. The number of nitrogens with one attached hydrogen (secondary N) is 1. The van der Waals surface area contributed by atoms with Crippen molar-refractivity contribution in [1.82, 2.24) is 24.8 Å². The molecule has 0 aliphatic carbocycles. The third-order valence-electron chi connectivity index (χ3n) is 6.94. The Labute approximate surface area is 210 Å². The summed E-state index contributed by atoms with van der Waals surface area (Å²) in [5, 5.41) is 3.53. The minimum absolute atomic E-state index is 0.199. The van der Waals surface area contributed by atoms with Gasteiger partial charge in [0.15, 0.2) is 5.82 Å². The molecule has 1 spiro atoms. The van der Waals surface area contributed by atoms with Crippen molar-refractivity contribution in [3.8, 4) is 17.3 Å². The quantitative estimate of drug-likeness (QED) is 0.514. The van der Waals surface area contributed by atoms with Crippen LogP contribution >= 0.6 is 0 Å². The van der Waals surface area contributed by atoms with Gasteiger partial charge >= 0.3 is 6.36 Å². The number of fused-ring (bicyclic) bond motifs is 1. The Morgan fingerprint density at radius 2 is 1.95 bits per heavy atom. The Balaban J connectivity index is 1.31. The van der Waals surface area contributed by atoms with Crippen LogP contribution in [0.1, 0.15) is 42.5 Å². The number of amides is 1. The Hall–Kier alpha value is -3.83. The number of halogens is 4. The number of carbonyl (C=O) groups excluding carboxylic acids is 1. The van der Waals surface area contributed by atoms with E-state index in [1.54, 1.807) is 23.4 Å². The van der Waals surface area contributed by atoms with Crippen LogP contribution in [-0.2, 0) is 11.2 Å². The third-order valence-corrected chi connectivity index (χ3v) is 6.94. The summed E-state index contributed by atoms with van der Waals surface area (Å²) in [6, 6.07) is 4.62. The number of pyridine rings is 2. The van der Waals surface area contributed by atoms with E-state index in [0.717, 1.165) is 41.5 Å². The molecule has 0 aromatic carbocycles. The molecular formula is C25H24F4N6O2. The predicted octanol–water partition coefficient (Wildman–Crippen LogP) is 4.41. The van der Waals surface area contributed by atoms with Crippen molar-refractivity contribution in [3.63, 3.8) is 0 Å². The molecular weight excluding hydrogens is 492 g/mol. The number of anilines is 1. The lowest BCUT2D eigenvalue weighted by Crippen LogP contribution is -2.46. The fraction of sp³-hybridized carbons (Fsp3) is 0.400. The number of aryl methyl sites for hydroxylation is 2. The number of aromatic nitrogens is 4. The molecule has 2 aliphatic rings. The van der Waals surface area contributed by atoms with Gasteiger partial charge < -0.3 is 15.0 Å². The number of alkyl halides is 3. The average Bonchev–Trinajstić information content (AvgIpc) is 3.26. The maximum Gasteiger partial charge on any atom is 0.574 e. The van der Waals surface area contributed by atoms with E-state index in [-0.39, 0.29) is 11.5 Å². The summed E-state index contributed by atoms with van der Waals surface area (Å²) < 4.78 is 55.9. The molecule has 194 valence electrons. The maximum absolute atomic E-state index is 14.4. The lowest BCUT2D eigenvalue weighted by molar-refractivity contribution is -0.276. The summed E-state index contributed by atoms with van der Waals surface area (Å²) in [7, 11) is 0. The van der Waals surface area contributed by atoms with Gasteiger partial charge in [0.1, 0.15) is 11.6 Å². The second kappa shape index (κ2) is 9.24. The second-order valence-corrected chi connectivity index (χ2v) is 9.43. The Kier molecular flexibility index (Phi) is 6.20. The van der Waals surface area contributed by atoms with Crippen LogP contribution < -0.4 is 10.1 Å². The minimum Gasteiger partial charge on any atom is -0.388 e. The van der Waals surface area contributed by atoms with Crippen LogP contribution in [0.5, 0.6) is 5.88 Å². The van der Waals surface area contributed by atoms with E-state index < -0.39 is 29.5 Å². The van der Waals surface area contributed by atoms with E-state index in [1.165, 1.54) is 6.92 Å². The SMILES string of the molecule is Cc1nc2c(cc1-c1ncccn1)CC[C@@]1(CCN(C(=O)[C@H](C)c3cc(OC(F)(F)F)ncc3F)C1)N2. The second-order valence-electron chi connectivity index (χ2n) is 9.43. The van der Waals surface area contributed by atoms with Gasteiger partial charge in [-0.1, -0.05) is 0 Å². The van der Waals surface area contributed by atoms with Crippen molar-refractivity contribution in [1.29, 1.82) is 0 Å². The van der Waals surface area contributed by atoms with Gasteiger partial charge in [-0.15, -0.1) is 13.2 Å². The zero-order chi connectivity index (χ0) is 26.4. The van der Waals surface area contributed by atoms with Gasteiger partial charge in [-0.3, -0.25) is 4.79 Å². The molecule has 5 heterocycles. The van der Waals surface area contributed by atoms with Crippen molar-refractivity contribution in [2.24, 2.45) is 0 Å². The molecule has 2 atom stereocenters. The van der Waals surface area contributed by atoms with Gasteiger partial charge in [0.2, 0.25) is 11.8 Å². The molecule has 1 N–H and O–H groups in total. The Bertz CT molecular complexity index is 1340. The zero-order valence-corrected chi connectivity index (χ0v) is 20.1. The fourth-order valence-corrected chi connectivity index (χ4v) is 5.01. The first-order chi connectivity index (χ1) is 17.5. The van der Waals surface area contributed by atoms with Crippen LogP contribution in [0.25, 0.3) is 11.4 Å². The number of hydrogen-bond donors (Lipinski definition) is 1. The van der Waals surface area contributed by atoms with Crippen LogP contribution in [0.2, 0.25) is 0 Å². The number of nitrogens with zero attached hydrogens (tertiary/aromatic N) is 5. The molecule has 12 heteroatoms. The van der Waals surface area contributed by atoms with Crippen molar-refractivity contribution >= 4 is 11.7 Å². The summed E-state index contributed by atoms with van der Waals surface area (Å²) in [6.07, 6.45) is 1.18. The summed E-state index contributed by atoms with van der Waals surface area (Å²) in [5.41, 5.74) is 2.08. The minimum atomic E-state index is -4.97. The maximum atomic E-state index is 14.4. The van der Waals surface area contributed by atoms with Crippen LogP contribution in [-0.4, -0.2) is 55.7 Å². The van der Waals surface area contributed by atoms with E-state index in [0.29, 0.717) is 31.5 Å². The zero-order valence-electron chi connectivity index (χ0n) is 20.1. The fourth-order valence-electron chi connectivity index (χ4n) is 5.01. The lowest BCUT2D eigenvalue weighted by Gasteiger charge is -2.36. The van der Waals surface area contributed by atoms with Gasteiger partial charge in [-0.2, -0.15) is 0 Å². The van der Waals surface area contributed by atoms with E-state index in [1.807, 2.05) is 13.0 Å². The number of likely N-dealkylation sites (tertiary alicyclic amines) is 1. The van der Waals surface area contributed by atoms with E-state index in [9.17, 15) is 22.4 Å².